The van der Waals surface area contributed by atoms with Gasteiger partial charge in [0.1, 0.15) is 0 Å². The molecule has 1 heterocycles. The molecule has 0 amide bonds. The minimum atomic E-state index is -0.0832. The van der Waals surface area contributed by atoms with Gasteiger partial charge in [0.05, 0.1) is 5.69 Å². The molecule has 1 aliphatic carbocycles. The first-order valence-corrected chi connectivity index (χ1v) is 17.8. The quantitative estimate of drug-likeness (QED) is 0.184. The van der Waals surface area contributed by atoms with Gasteiger partial charge < -0.3 is 4.90 Å². The zero-order valence-corrected chi connectivity index (χ0v) is 28.3. The van der Waals surface area contributed by atoms with Crippen LogP contribution in [-0.4, -0.2) is 0 Å². The van der Waals surface area contributed by atoms with Crippen molar-refractivity contribution >= 4 is 70.1 Å². The molecule has 1 aromatic heterocycles. The van der Waals surface area contributed by atoms with Crippen LogP contribution in [0.1, 0.15) is 25.0 Å². The number of nitrogens with zero attached hydrogens (tertiary/aromatic N) is 1. The molecule has 232 valence electrons. The lowest BCUT2D eigenvalue weighted by atomic mass is 9.82. The Morgan fingerprint density at radius 1 is 0.469 bits per heavy atom. The van der Waals surface area contributed by atoms with E-state index in [1.807, 2.05) is 11.3 Å². The van der Waals surface area contributed by atoms with Crippen molar-refractivity contribution in [2.24, 2.45) is 0 Å². The van der Waals surface area contributed by atoms with Gasteiger partial charge in [-0.2, -0.15) is 0 Å². The molecule has 0 saturated heterocycles. The fourth-order valence-electron chi connectivity index (χ4n) is 8.15. The fourth-order valence-corrected chi connectivity index (χ4v) is 9.38. The van der Waals surface area contributed by atoms with Crippen LogP contribution in [0.4, 0.5) is 17.1 Å². The Hall–Kier alpha value is -5.70. The van der Waals surface area contributed by atoms with Gasteiger partial charge in [0.15, 0.2) is 0 Å². The summed E-state index contributed by atoms with van der Waals surface area (Å²) < 4.78 is 2.67. The second-order valence-electron chi connectivity index (χ2n) is 13.8. The minimum Gasteiger partial charge on any atom is -0.310 e. The summed E-state index contributed by atoms with van der Waals surface area (Å²) in [5.41, 5.74) is 11.3. The van der Waals surface area contributed by atoms with E-state index in [1.54, 1.807) is 0 Å². The predicted octanol–water partition coefficient (Wildman–Crippen LogP) is 13.8. The molecule has 2 heteroatoms. The Kier molecular flexibility index (Phi) is 6.16. The maximum atomic E-state index is 2.48. The van der Waals surface area contributed by atoms with E-state index in [-0.39, 0.29) is 5.41 Å². The smallest absolute Gasteiger partial charge is 0.0543 e. The van der Waals surface area contributed by atoms with Crippen LogP contribution in [0.5, 0.6) is 0 Å². The van der Waals surface area contributed by atoms with Gasteiger partial charge in [0, 0.05) is 47.9 Å². The largest absolute Gasteiger partial charge is 0.310 e. The normalized spacial score (nSPS) is 13.3. The van der Waals surface area contributed by atoms with E-state index >= 15 is 0 Å². The summed E-state index contributed by atoms with van der Waals surface area (Å²) in [7, 11) is 0. The lowest BCUT2D eigenvalue weighted by Gasteiger charge is -2.29. The van der Waals surface area contributed by atoms with Crippen LogP contribution in [-0.2, 0) is 5.41 Å². The molecule has 49 heavy (non-hydrogen) atoms. The Balaban J connectivity index is 1.20. The Labute approximate surface area is 290 Å². The highest BCUT2D eigenvalue weighted by Gasteiger charge is 2.37. The van der Waals surface area contributed by atoms with Crippen molar-refractivity contribution in [2.45, 2.75) is 19.3 Å². The number of rotatable bonds is 4. The van der Waals surface area contributed by atoms with Crippen molar-refractivity contribution < 1.29 is 0 Å². The second-order valence-corrected chi connectivity index (χ2v) is 14.8. The molecule has 0 bridgehead atoms. The molecule has 0 spiro atoms. The summed E-state index contributed by atoms with van der Waals surface area (Å²) in [6, 6.07) is 60.7. The van der Waals surface area contributed by atoms with Crippen molar-refractivity contribution in [1.29, 1.82) is 0 Å². The van der Waals surface area contributed by atoms with Crippen molar-refractivity contribution in [2.75, 3.05) is 4.90 Å². The van der Waals surface area contributed by atoms with Crippen molar-refractivity contribution in [1.82, 2.24) is 0 Å². The van der Waals surface area contributed by atoms with Crippen LogP contribution in [0.2, 0.25) is 0 Å². The summed E-state index contributed by atoms with van der Waals surface area (Å²) in [5, 5.41) is 7.74. The van der Waals surface area contributed by atoms with Gasteiger partial charge in [0.25, 0.3) is 0 Å². The van der Waals surface area contributed by atoms with Gasteiger partial charge in [-0.15, -0.1) is 11.3 Å². The molecule has 0 N–H and O–H groups in total. The molecule has 0 radical (unpaired) electrons. The maximum Gasteiger partial charge on any atom is 0.0543 e. The molecular weight excluding hydrogens is 611 g/mol. The second kappa shape index (κ2) is 10.7. The van der Waals surface area contributed by atoms with Crippen LogP contribution in [0.15, 0.2) is 164 Å². The van der Waals surface area contributed by atoms with E-state index < -0.39 is 0 Å². The standard InChI is InChI=1S/C47H33NS/c1-47(2)41-14-7-5-13-39(41)45-42(47)15-9-16-43(45)48(35-24-20-31(21-25-35)34-19-18-30-10-3-4-11-33(30)28-34)36-26-22-32-23-27-38-37-12-6-8-17-44(37)49-46(38)40(32)29-36/h3-29H,1-2H3. The van der Waals surface area contributed by atoms with Crippen molar-refractivity contribution in [3.63, 3.8) is 0 Å². The topological polar surface area (TPSA) is 3.24 Å². The number of benzene rings is 8. The number of thiophene rings is 1. The van der Waals surface area contributed by atoms with Gasteiger partial charge in [-0.3, -0.25) is 0 Å². The Morgan fingerprint density at radius 3 is 2.06 bits per heavy atom. The van der Waals surface area contributed by atoms with E-state index in [4.69, 9.17) is 0 Å². The molecule has 0 aliphatic heterocycles. The van der Waals surface area contributed by atoms with Crippen molar-refractivity contribution in [3.05, 3.63) is 175 Å². The van der Waals surface area contributed by atoms with Gasteiger partial charge in [-0.1, -0.05) is 135 Å². The molecule has 1 nitrogen and oxygen atoms in total. The number of hydrogen-bond donors (Lipinski definition) is 0. The van der Waals surface area contributed by atoms with Crippen molar-refractivity contribution in [3.8, 4) is 22.3 Å². The third kappa shape index (κ3) is 4.31. The van der Waals surface area contributed by atoms with Gasteiger partial charge in [0.2, 0.25) is 0 Å². The minimum absolute atomic E-state index is 0.0832. The molecule has 9 aromatic rings. The molecule has 0 unspecified atom stereocenters. The SMILES string of the molecule is CC1(C)c2ccccc2-c2c(N(c3ccc(-c4ccc5ccccc5c4)cc3)c3ccc4ccc5c6ccccc6sc5c4c3)cccc21. The average Bonchev–Trinajstić information content (AvgIpc) is 3.65. The third-order valence-corrected chi connectivity index (χ3v) is 11.9. The molecule has 10 rings (SSSR count). The molecule has 0 fully saturated rings. The van der Waals surface area contributed by atoms with E-state index in [9.17, 15) is 0 Å². The van der Waals surface area contributed by atoms with E-state index in [1.165, 1.54) is 80.8 Å². The highest BCUT2D eigenvalue weighted by Crippen LogP contribution is 2.54. The molecular formula is C47H33NS. The molecule has 8 aromatic carbocycles. The zero-order valence-electron chi connectivity index (χ0n) is 27.4. The Morgan fingerprint density at radius 2 is 1.16 bits per heavy atom. The summed E-state index contributed by atoms with van der Waals surface area (Å²) in [6.45, 7) is 4.72. The fraction of sp³-hybridized carbons (Fsp3) is 0.0638. The van der Waals surface area contributed by atoms with Gasteiger partial charge >= 0.3 is 0 Å². The molecule has 0 atom stereocenters. The van der Waals surface area contributed by atoms with Gasteiger partial charge in [-0.25, -0.2) is 0 Å². The van der Waals surface area contributed by atoms with Crippen LogP contribution in [0.25, 0.3) is 64.0 Å². The summed E-state index contributed by atoms with van der Waals surface area (Å²) >= 11 is 1.90. The first-order chi connectivity index (χ1) is 24.0. The molecule has 0 saturated carbocycles. The van der Waals surface area contributed by atoms with Crippen LogP contribution in [0.3, 0.4) is 0 Å². The van der Waals surface area contributed by atoms with E-state index in [0.29, 0.717) is 0 Å². The summed E-state index contributed by atoms with van der Waals surface area (Å²) in [6.07, 6.45) is 0. The molecule has 1 aliphatic rings. The van der Waals surface area contributed by atoms with Crippen LogP contribution in [0, 0.1) is 0 Å². The summed E-state index contributed by atoms with van der Waals surface area (Å²) in [4.78, 5) is 2.48. The van der Waals surface area contributed by atoms with Crippen LogP contribution < -0.4 is 4.90 Å². The van der Waals surface area contributed by atoms with E-state index in [2.05, 4.69) is 183 Å². The number of hydrogen-bond acceptors (Lipinski definition) is 2. The zero-order chi connectivity index (χ0) is 32.7. The van der Waals surface area contributed by atoms with Gasteiger partial charge in [-0.05, 0) is 86.4 Å². The first kappa shape index (κ1) is 28.3. The Bertz CT molecular complexity index is 2750. The van der Waals surface area contributed by atoms with Crippen LogP contribution >= 0.6 is 11.3 Å². The van der Waals surface area contributed by atoms with E-state index in [0.717, 1.165) is 11.4 Å². The number of anilines is 3. The third-order valence-electron chi connectivity index (χ3n) is 10.6. The summed E-state index contributed by atoms with van der Waals surface area (Å²) in [5.74, 6) is 0. The maximum absolute atomic E-state index is 2.48. The number of fused-ring (bicyclic) bond motifs is 9. The highest BCUT2D eigenvalue weighted by atomic mass is 32.1. The monoisotopic (exact) mass is 643 g/mol. The predicted molar refractivity (Wildman–Crippen MR) is 212 cm³/mol. The first-order valence-electron chi connectivity index (χ1n) is 17.0. The lowest BCUT2D eigenvalue weighted by Crippen LogP contribution is -2.16. The lowest BCUT2D eigenvalue weighted by molar-refractivity contribution is 0.660. The highest BCUT2D eigenvalue weighted by molar-refractivity contribution is 7.26. The average molecular weight is 644 g/mol.